The first-order valence-electron chi connectivity index (χ1n) is 3.28. The molecular weight excluding hydrogens is 145 g/mol. The quantitative estimate of drug-likeness (QED) is 0.636. The molecule has 4 heteroatoms. The van der Waals surface area contributed by atoms with Crippen molar-refractivity contribution in [2.45, 2.75) is 13.5 Å². The highest BCUT2D eigenvalue weighted by Gasteiger charge is 2.04. The predicted molar refractivity (Wildman–Crippen MR) is 37.7 cm³/mol. The van der Waals surface area contributed by atoms with E-state index in [0.29, 0.717) is 5.69 Å². The lowest BCUT2D eigenvalue weighted by Gasteiger charge is -1.96. The van der Waals surface area contributed by atoms with Gasteiger partial charge < -0.3 is 0 Å². The van der Waals surface area contributed by atoms with Gasteiger partial charge in [0, 0.05) is 5.56 Å². The Labute approximate surface area is 64.1 Å². The van der Waals surface area contributed by atoms with Crippen LogP contribution in [0, 0.1) is 18.3 Å². The SMILES string of the molecule is Cc1cnn(CCF)c1C#N. The van der Waals surface area contributed by atoms with Crippen LogP contribution in [0.1, 0.15) is 11.3 Å². The topological polar surface area (TPSA) is 41.6 Å². The highest BCUT2D eigenvalue weighted by atomic mass is 19.1. The molecule has 0 N–H and O–H groups in total. The predicted octanol–water partition coefficient (Wildman–Crippen LogP) is 1.03. The lowest BCUT2D eigenvalue weighted by molar-refractivity contribution is 0.425. The number of hydrogen-bond acceptors (Lipinski definition) is 2. The Morgan fingerprint density at radius 3 is 3.09 bits per heavy atom. The molecule has 0 bridgehead atoms. The summed E-state index contributed by atoms with van der Waals surface area (Å²) in [7, 11) is 0. The molecule has 0 amide bonds. The average Bonchev–Trinajstić information content (AvgIpc) is 2.33. The van der Waals surface area contributed by atoms with Crippen LogP contribution in [0.15, 0.2) is 6.20 Å². The lowest BCUT2D eigenvalue weighted by atomic mass is 10.3. The zero-order valence-corrected chi connectivity index (χ0v) is 6.21. The van der Waals surface area contributed by atoms with Gasteiger partial charge in [-0.3, -0.25) is 4.68 Å². The molecular formula is C7H8FN3. The second-order valence-electron chi connectivity index (χ2n) is 2.20. The summed E-state index contributed by atoms with van der Waals surface area (Å²) in [6, 6.07) is 1.96. The second-order valence-corrected chi connectivity index (χ2v) is 2.20. The molecule has 0 aliphatic carbocycles. The summed E-state index contributed by atoms with van der Waals surface area (Å²) in [4.78, 5) is 0. The number of alkyl halides is 1. The average molecular weight is 153 g/mol. The van der Waals surface area contributed by atoms with Crippen molar-refractivity contribution in [3.05, 3.63) is 17.5 Å². The molecule has 1 rings (SSSR count). The smallest absolute Gasteiger partial charge is 0.141 e. The van der Waals surface area contributed by atoms with E-state index in [1.807, 2.05) is 6.07 Å². The fourth-order valence-corrected chi connectivity index (χ4v) is 0.874. The zero-order chi connectivity index (χ0) is 8.27. The molecule has 0 aromatic carbocycles. The van der Waals surface area contributed by atoms with Crippen LogP contribution in [0.25, 0.3) is 0 Å². The highest BCUT2D eigenvalue weighted by molar-refractivity contribution is 5.28. The molecule has 11 heavy (non-hydrogen) atoms. The third kappa shape index (κ3) is 1.37. The Hall–Kier alpha value is -1.37. The van der Waals surface area contributed by atoms with Crippen molar-refractivity contribution in [2.24, 2.45) is 0 Å². The van der Waals surface area contributed by atoms with Crippen LogP contribution in [-0.4, -0.2) is 16.5 Å². The lowest BCUT2D eigenvalue weighted by Crippen LogP contribution is -2.04. The minimum absolute atomic E-state index is 0.163. The monoisotopic (exact) mass is 153 g/mol. The van der Waals surface area contributed by atoms with Gasteiger partial charge in [-0.2, -0.15) is 10.4 Å². The summed E-state index contributed by atoms with van der Waals surface area (Å²) in [5.41, 5.74) is 1.24. The fourth-order valence-electron chi connectivity index (χ4n) is 0.874. The molecule has 1 aromatic heterocycles. The molecule has 0 radical (unpaired) electrons. The maximum Gasteiger partial charge on any atom is 0.141 e. The first kappa shape index (κ1) is 7.73. The Balaban J connectivity index is 2.98. The van der Waals surface area contributed by atoms with Crippen LogP contribution in [0.3, 0.4) is 0 Å². The molecule has 58 valence electrons. The third-order valence-corrected chi connectivity index (χ3v) is 1.42. The summed E-state index contributed by atoms with van der Waals surface area (Å²) < 4.78 is 13.2. The van der Waals surface area contributed by atoms with Crippen molar-refractivity contribution in [2.75, 3.05) is 6.67 Å². The molecule has 0 unspecified atom stereocenters. The molecule has 1 heterocycles. The van der Waals surface area contributed by atoms with Crippen LogP contribution in [0.2, 0.25) is 0 Å². The molecule has 0 fully saturated rings. The van der Waals surface area contributed by atoms with E-state index in [9.17, 15) is 4.39 Å². The summed E-state index contributed by atoms with van der Waals surface area (Å²) in [5, 5.41) is 12.4. The van der Waals surface area contributed by atoms with E-state index in [4.69, 9.17) is 5.26 Å². The van der Waals surface area contributed by atoms with E-state index < -0.39 is 6.67 Å². The fraction of sp³-hybridized carbons (Fsp3) is 0.429. The first-order valence-corrected chi connectivity index (χ1v) is 3.28. The highest BCUT2D eigenvalue weighted by Crippen LogP contribution is 2.04. The van der Waals surface area contributed by atoms with Crippen molar-refractivity contribution in [1.82, 2.24) is 9.78 Å². The van der Waals surface area contributed by atoms with E-state index in [0.717, 1.165) is 5.56 Å². The van der Waals surface area contributed by atoms with Crippen molar-refractivity contribution < 1.29 is 4.39 Å². The molecule has 1 aromatic rings. The summed E-state index contributed by atoms with van der Waals surface area (Å²) in [6.45, 7) is 1.45. The Morgan fingerprint density at radius 1 is 1.82 bits per heavy atom. The van der Waals surface area contributed by atoms with Crippen molar-refractivity contribution in [3.8, 4) is 6.07 Å². The molecule has 0 atom stereocenters. The van der Waals surface area contributed by atoms with Gasteiger partial charge in [0.1, 0.15) is 18.4 Å². The van der Waals surface area contributed by atoms with Crippen LogP contribution in [0.4, 0.5) is 4.39 Å². The van der Waals surface area contributed by atoms with E-state index in [1.165, 1.54) is 4.68 Å². The number of nitrogens with zero attached hydrogens (tertiary/aromatic N) is 3. The molecule has 0 aliphatic rings. The van der Waals surface area contributed by atoms with Gasteiger partial charge in [-0.05, 0) is 6.92 Å². The number of aryl methyl sites for hydroxylation is 2. The van der Waals surface area contributed by atoms with E-state index in [1.54, 1.807) is 13.1 Å². The maximum atomic E-state index is 11.8. The van der Waals surface area contributed by atoms with Gasteiger partial charge in [0.05, 0.1) is 12.7 Å². The number of halogens is 1. The zero-order valence-electron chi connectivity index (χ0n) is 6.21. The van der Waals surface area contributed by atoms with Gasteiger partial charge in [0.15, 0.2) is 0 Å². The van der Waals surface area contributed by atoms with E-state index in [-0.39, 0.29) is 6.54 Å². The van der Waals surface area contributed by atoms with Crippen LogP contribution in [-0.2, 0) is 6.54 Å². The number of hydrogen-bond donors (Lipinski definition) is 0. The minimum atomic E-state index is -0.490. The van der Waals surface area contributed by atoms with Crippen molar-refractivity contribution in [3.63, 3.8) is 0 Å². The standard InChI is InChI=1S/C7H8FN3/c1-6-5-10-11(3-2-8)7(6)4-9/h5H,2-3H2,1H3. The van der Waals surface area contributed by atoms with Gasteiger partial charge in [0.25, 0.3) is 0 Å². The van der Waals surface area contributed by atoms with Crippen LogP contribution >= 0.6 is 0 Å². The molecule has 0 aliphatic heterocycles. The molecule has 0 spiro atoms. The molecule has 3 nitrogen and oxygen atoms in total. The van der Waals surface area contributed by atoms with Crippen LogP contribution < -0.4 is 0 Å². The first-order chi connectivity index (χ1) is 5.29. The van der Waals surface area contributed by atoms with Gasteiger partial charge in [0.2, 0.25) is 0 Å². The third-order valence-electron chi connectivity index (χ3n) is 1.42. The van der Waals surface area contributed by atoms with Crippen molar-refractivity contribution >= 4 is 0 Å². The minimum Gasteiger partial charge on any atom is -0.252 e. The molecule has 0 saturated heterocycles. The van der Waals surface area contributed by atoms with E-state index in [2.05, 4.69) is 5.10 Å². The summed E-state index contributed by atoms with van der Waals surface area (Å²) in [5.74, 6) is 0. The Kier molecular flexibility index (Phi) is 2.21. The van der Waals surface area contributed by atoms with Gasteiger partial charge in [-0.1, -0.05) is 0 Å². The van der Waals surface area contributed by atoms with E-state index >= 15 is 0 Å². The normalized spacial score (nSPS) is 9.55. The Bertz CT molecular complexity index is 284. The number of rotatable bonds is 2. The van der Waals surface area contributed by atoms with Gasteiger partial charge in [-0.15, -0.1) is 0 Å². The molecule has 0 saturated carbocycles. The van der Waals surface area contributed by atoms with Crippen molar-refractivity contribution in [1.29, 1.82) is 5.26 Å². The van der Waals surface area contributed by atoms with Crippen LogP contribution in [0.5, 0.6) is 0 Å². The van der Waals surface area contributed by atoms with Gasteiger partial charge in [-0.25, -0.2) is 4.39 Å². The second kappa shape index (κ2) is 3.15. The van der Waals surface area contributed by atoms with Gasteiger partial charge >= 0.3 is 0 Å². The number of aromatic nitrogens is 2. The number of nitriles is 1. The summed E-state index contributed by atoms with van der Waals surface area (Å²) >= 11 is 0. The largest absolute Gasteiger partial charge is 0.252 e. The maximum absolute atomic E-state index is 11.8. The summed E-state index contributed by atoms with van der Waals surface area (Å²) in [6.07, 6.45) is 1.56. The Morgan fingerprint density at radius 2 is 2.55 bits per heavy atom.